The Bertz CT molecular complexity index is 375. The van der Waals surface area contributed by atoms with Gasteiger partial charge in [-0.3, -0.25) is 4.90 Å². The number of hydrogen-bond acceptors (Lipinski definition) is 2. The Balaban J connectivity index is 2.05. The predicted octanol–water partition coefficient (Wildman–Crippen LogP) is 2.87. The average molecular weight is 291 g/mol. The normalized spacial score (nSPS) is 20.2. The van der Waals surface area contributed by atoms with Crippen molar-refractivity contribution in [2.24, 2.45) is 0 Å². The lowest BCUT2D eigenvalue weighted by atomic mass is 10.2. The minimum absolute atomic E-state index is 0.0452. The molecule has 1 aromatic rings. The second kappa shape index (κ2) is 4.30. The van der Waals surface area contributed by atoms with Crippen LogP contribution >= 0.6 is 15.9 Å². The van der Waals surface area contributed by atoms with Crippen LogP contribution in [0.3, 0.4) is 0 Å². The highest BCUT2D eigenvalue weighted by molar-refractivity contribution is 9.10. The molecular formula is C11H13BrF2N2. The Labute approximate surface area is 102 Å². The van der Waals surface area contributed by atoms with Crippen LogP contribution in [0.5, 0.6) is 0 Å². The molecule has 0 saturated carbocycles. The topological polar surface area (TPSA) is 29.3 Å². The number of nitrogen functional groups attached to an aromatic ring is 1. The summed E-state index contributed by atoms with van der Waals surface area (Å²) in [5, 5.41) is 0. The predicted molar refractivity (Wildman–Crippen MR) is 63.4 cm³/mol. The number of alkyl halides is 2. The quantitative estimate of drug-likeness (QED) is 0.849. The summed E-state index contributed by atoms with van der Waals surface area (Å²) in [7, 11) is 0. The summed E-state index contributed by atoms with van der Waals surface area (Å²) in [6.07, 6.45) is -0.0452. The van der Waals surface area contributed by atoms with Gasteiger partial charge in [-0.05, 0) is 23.8 Å². The summed E-state index contributed by atoms with van der Waals surface area (Å²) in [5.74, 6) is -2.53. The van der Waals surface area contributed by atoms with Gasteiger partial charge in [-0.15, -0.1) is 0 Å². The number of rotatable bonds is 2. The minimum atomic E-state index is -2.53. The molecule has 0 unspecified atom stereocenters. The molecule has 1 fully saturated rings. The summed E-state index contributed by atoms with van der Waals surface area (Å²) in [6.45, 7) is 0.818. The van der Waals surface area contributed by atoms with Crippen LogP contribution in [-0.2, 0) is 6.54 Å². The summed E-state index contributed by atoms with van der Waals surface area (Å²) < 4.78 is 26.8. The molecule has 2 N–H and O–H groups in total. The van der Waals surface area contributed by atoms with Crippen molar-refractivity contribution in [3.63, 3.8) is 0 Å². The molecular weight excluding hydrogens is 278 g/mol. The fourth-order valence-corrected chi connectivity index (χ4v) is 2.53. The molecule has 0 amide bonds. The second-order valence-corrected chi connectivity index (χ2v) is 5.13. The van der Waals surface area contributed by atoms with E-state index in [1.54, 1.807) is 11.0 Å². The Hall–Kier alpha value is -0.680. The SMILES string of the molecule is Nc1cc(Br)cc(CN2CCC(F)(F)C2)c1. The van der Waals surface area contributed by atoms with Crippen LogP contribution in [0.25, 0.3) is 0 Å². The van der Waals surface area contributed by atoms with Gasteiger partial charge in [0, 0.05) is 29.7 Å². The molecule has 88 valence electrons. The zero-order valence-electron chi connectivity index (χ0n) is 8.72. The standard InChI is InChI=1S/C11H13BrF2N2/c12-9-3-8(4-10(15)5-9)6-16-2-1-11(13,14)7-16/h3-5H,1-2,6-7,15H2. The lowest BCUT2D eigenvalue weighted by Crippen LogP contribution is -2.24. The van der Waals surface area contributed by atoms with Gasteiger partial charge in [0.2, 0.25) is 0 Å². The highest BCUT2D eigenvalue weighted by atomic mass is 79.9. The van der Waals surface area contributed by atoms with Crippen molar-refractivity contribution in [3.05, 3.63) is 28.2 Å². The van der Waals surface area contributed by atoms with Crippen molar-refractivity contribution >= 4 is 21.6 Å². The van der Waals surface area contributed by atoms with E-state index in [9.17, 15) is 8.78 Å². The van der Waals surface area contributed by atoms with E-state index in [2.05, 4.69) is 15.9 Å². The van der Waals surface area contributed by atoms with Crippen LogP contribution < -0.4 is 5.73 Å². The molecule has 0 aromatic heterocycles. The molecule has 1 aliphatic heterocycles. The van der Waals surface area contributed by atoms with Gasteiger partial charge in [0.05, 0.1) is 6.54 Å². The molecule has 0 radical (unpaired) electrons. The average Bonchev–Trinajstić information content (AvgIpc) is 2.43. The maximum absolute atomic E-state index is 13.0. The van der Waals surface area contributed by atoms with Gasteiger partial charge in [0.25, 0.3) is 5.92 Å². The van der Waals surface area contributed by atoms with Gasteiger partial charge in [-0.1, -0.05) is 15.9 Å². The van der Waals surface area contributed by atoms with E-state index >= 15 is 0 Å². The number of nitrogens with zero attached hydrogens (tertiary/aromatic N) is 1. The third-order valence-corrected chi connectivity index (χ3v) is 3.09. The summed E-state index contributed by atoms with van der Waals surface area (Å²) in [5.41, 5.74) is 7.30. The second-order valence-electron chi connectivity index (χ2n) is 4.21. The van der Waals surface area contributed by atoms with E-state index in [0.29, 0.717) is 18.8 Å². The van der Waals surface area contributed by atoms with Crippen molar-refractivity contribution in [1.29, 1.82) is 0 Å². The smallest absolute Gasteiger partial charge is 0.261 e. The first-order chi connectivity index (χ1) is 7.44. The van der Waals surface area contributed by atoms with Gasteiger partial charge in [0.1, 0.15) is 0 Å². The highest BCUT2D eigenvalue weighted by Gasteiger charge is 2.37. The van der Waals surface area contributed by atoms with Gasteiger partial charge in [-0.2, -0.15) is 0 Å². The van der Waals surface area contributed by atoms with Crippen LogP contribution in [0.15, 0.2) is 22.7 Å². The van der Waals surface area contributed by atoms with Crippen LogP contribution in [-0.4, -0.2) is 23.9 Å². The number of halogens is 3. The Kier molecular flexibility index (Phi) is 3.17. The molecule has 16 heavy (non-hydrogen) atoms. The zero-order valence-corrected chi connectivity index (χ0v) is 10.3. The zero-order chi connectivity index (χ0) is 11.8. The summed E-state index contributed by atoms with van der Waals surface area (Å²) in [4.78, 5) is 1.75. The van der Waals surface area contributed by atoms with Crippen molar-refractivity contribution in [2.75, 3.05) is 18.8 Å². The Morgan fingerprint density at radius 2 is 2.12 bits per heavy atom. The molecule has 0 atom stereocenters. The molecule has 2 rings (SSSR count). The summed E-state index contributed by atoms with van der Waals surface area (Å²) >= 11 is 3.34. The van der Waals surface area contributed by atoms with Crippen LogP contribution in [0.1, 0.15) is 12.0 Å². The van der Waals surface area contributed by atoms with Crippen molar-refractivity contribution in [1.82, 2.24) is 4.90 Å². The molecule has 0 spiro atoms. The molecule has 1 aliphatic rings. The lowest BCUT2D eigenvalue weighted by Gasteiger charge is -2.16. The first-order valence-corrected chi connectivity index (χ1v) is 5.89. The van der Waals surface area contributed by atoms with E-state index in [0.717, 1.165) is 10.0 Å². The number of anilines is 1. The largest absolute Gasteiger partial charge is 0.399 e. The first-order valence-electron chi connectivity index (χ1n) is 5.10. The van der Waals surface area contributed by atoms with Gasteiger partial charge in [0.15, 0.2) is 0 Å². The molecule has 1 aromatic carbocycles. The van der Waals surface area contributed by atoms with Gasteiger partial charge >= 0.3 is 0 Å². The van der Waals surface area contributed by atoms with Crippen LogP contribution in [0, 0.1) is 0 Å². The van der Waals surface area contributed by atoms with Crippen LogP contribution in [0.4, 0.5) is 14.5 Å². The summed E-state index contributed by atoms with van der Waals surface area (Å²) in [6, 6.07) is 5.52. The Morgan fingerprint density at radius 1 is 1.38 bits per heavy atom. The van der Waals surface area contributed by atoms with Gasteiger partial charge in [-0.25, -0.2) is 8.78 Å². The number of nitrogens with two attached hydrogens (primary N) is 1. The monoisotopic (exact) mass is 290 g/mol. The molecule has 1 heterocycles. The van der Waals surface area contributed by atoms with E-state index in [1.807, 2.05) is 12.1 Å². The van der Waals surface area contributed by atoms with Crippen LogP contribution in [0.2, 0.25) is 0 Å². The molecule has 5 heteroatoms. The molecule has 2 nitrogen and oxygen atoms in total. The molecule has 1 saturated heterocycles. The maximum Gasteiger partial charge on any atom is 0.261 e. The van der Waals surface area contributed by atoms with E-state index < -0.39 is 5.92 Å². The third-order valence-electron chi connectivity index (χ3n) is 2.63. The fourth-order valence-electron chi connectivity index (χ4n) is 1.97. The third kappa shape index (κ3) is 2.92. The Morgan fingerprint density at radius 3 is 2.69 bits per heavy atom. The van der Waals surface area contributed by atoms with Crippen molar-refractivity contribution in [2.45, 2.75) is 18.9 Å². The number of likely N-dealkylation sites (tertiary alicyclic amines) is 1. The highest BCUT2D eigenvalue weighted by Crippen LogP contribution is 2.28. The molecule has 0 bridgehead atoms. The van der Waals surface area contributed by atoms with Crippen molar-refractivity contribution in [3.8, 4) is 0 Å². The maximum atomic E-state index is 13.0. The number of hydrogen-bond donors (Lipinski definition) is 1. The fraction of sp³-hybridized carbons (Fsp3) is 0.455. The lowest BCUT2D eigenvalue weighted by molar-refractivity contribution is 0.0115. The number of benzene rings is 1. The van der Waals surface area contributed by atoms with E-state index in [1.165, 1.54) is 0 Å². The van der Waals surface area contributed by atoms with E-state index in [4.69, 9.17) is 5.73 Å². The van der Waals surface area contributed by atoms with Gasteiger partial charge < -0.3 is 5.73 Å². The first kappa shape index (κ1) is 11.8. The molecule has 0 aliphatic carbocycles. The minimum Gasteiger partial charge on any atom is -0.399 e. The van der Waals surface area contributed by atoms with E-state index in [-0.39, 0.29) is 13.0 Å². The van der Waals surface area contributed by atoms with Crippen molar-refractivity contribution < 1.29 is 8.78 Å².